The molecule has 122 valence electrons. The topological polar surface area (TPSA) is 88.1 Å². The molecule has 1 fully saturated rings. The monoisotopic (exact) mass is 302 g/mol. The number of urea groups is 1. The van der Waals surface area contributed by atoms with E-state index in [-0.39, 0.29) is 12.5 Å². The van der Waals surface area contributed by atoms with E-state index in [4.69, 9.17) is 14.6 Å². The molecule has 0 spiro atoms. The molecule has 7 heteroatoms. The third-order valence-electron chi connectivity index (χ3n) is 3.21. The molecule has 0 aromatic carbocycles. The number of hydrogen-bond acceptors (Lipinski definition) is 4. The summed E-state index contributed by atoms with van der Waals surface area (Å²) in [6.07, 6.45) is 2.46. The van der Waals surface area contributed by atoms with Gasteiger partial charge in [-0.05, 0) is 12.8 Å². The van der Waals surface area contributed by atoms with Crippen LogP contribution in [0.3, 0.4) is 0 Å². The van der Waals surface area contributed by atoms with Crippen molar-refractivity contribution < 1.29 is 24.2 Å². The molecule has 7 nitrogen and oxygen atoms in total. The molecule has 2 amide bonds. The van der Waals surface area contributed by atoms with Gasteiger partial charge < -0.3 is 24.8 Å². The lowest BCUT2D eigenvalue weighted by Crippen LogP contribution is -2.50. The van der Waals surface area contributed by atoms with Crippen LogP contribution in [0.2, 0.25) is 0 Å². The van der Waals surface area contributed by atoms with Crippen molar-refractivity contribution in [1.82, 2.24) is 10.2 Å². The van der Waals surface area contributed by atoms with Gasteiger partial charge in [-0.2, -0.15) is 0 Å². The molecule has 0 bridgehead atoms. The number of ether oxygens (including phenoxy) is 2. The quantitative estimate of drug-likeness (QED) is 0.622. The van der Waals surface area contributed by atoms with Gasteiger partial charge in [0.25, 0.3) is 0 Å². The minimum absolute atomic E-state index is 0.0744. The van der Waals surface area contributed by atoms with Crippen LogP contribution in [0, 0.1) is 0 Å². The molecule has 21 heavy (non-hydrogen) atoms. The summed E-state index contributed by atoms with van der Waals surface area (Å²) in [5.74, 6) is -0.911. The second kappa shape index (κ2) is 10.4. The summed E-state index contributed by atoms with van der Waals surface area (Å²) >= 11 is 0. The van der Waals surface area contributed by atoms with E-state index >= 15 is 0 Å². The Balaban J connectivity index is 2.12. The highest BCUT2D eigenvalue weighted by molar-refractivity contribution is 5.74. The summed E-state index contributed by atoms with van der Waals surface area (Å²) in [7, 11) is 0. The Morgan fingerprint density at radius 3 is 2.86 bits per heavy atom. The fourth-order valence-electron chi connectivity index (χ4n) is 2.05. The first-order valence-corrected chi connectivity index (χ1v) is 7.57. The molecule has 1 atom stereocenters. The van der Waals surface area contributed by atoms with Crippen LogP contribution in [0.1, 0.15) is 32.6 Å². The zero-order valence-electron chi connectivity index (χ0n) is 12.7. The minimum atomic E-state index is -0.911. The molecule has 2 N–H and O–H groups in total. The Bertz CT molecular complexity index is 324. The van der Waals surface area contributed by atoms with Crippen LogP contribution in [-0.4, -0.2) is 67.6 Å². The highest BCUT2D eigenvalue weighted by Crippen LogP contribution is 2.08. The number of carboxylic acid groups (broad SMARTS) is 1. The standard InChI is InChI=1S/C14H26N2O5/c1-2-3-7-20-8-4-5-15-14(19)16-6-9-21-12(11-16)10-13(17)18/h12H,2-11H2,1H3,(H,15,19)(H,17,18). The summed E-state index contributed by atoms with van der Waals surface area (Å²) in [5.41, 5.74) is 0. The van der Waals surface area contributed by atoms with Crippen LogP contribution in [-0.2, 0) is 14.3 Å². The third-order valence-corrected chi connectivity index (χ3v) is 3.21. The van der Waals surface area contributed by atoms with Crippen molar-refractivity contribution >= 4 is 12.0 Å². The van der Waals surface area contributed by atoms with E-state index in [2.05, 4.69) is 12.2 Å². The summed E-state index contributed by atoms with van der Waals surface area (Å²) < 4.78 is 10.7. The largest absolute Gasteiger partial charge is 0.481 e. The Morgan fingerprint density at radius 2 is 2.14 bits per heavy atom. The van der Waals surface area contributed by atoms with Gasteiger partial charge in [0.2, 0.25) is 0 Å². The molecule has 0 saturated carbocycles. The van der Waals surface area contributed by atoms with Crippen molar-refractivity contribution in [2.75, 3.05) is 39.5 Å². The second-order valence-corrected chi connectivity index (χ2v) is 5.09. The summed E-state index contributed by atoms with van der Waals surface area (Å²) in [6, 6.07) is -0.165. The van der Waals surface area contributed by atoms with E-state index in [1.807, 2.05) is 0 Å². The molecule has 0 aromatic rings. The van der Waals surface area contributed by atoms with Crippen LogP contribution in [0.25, 0.3) is 0 Å². The van der Waals surface area contributed by atoms with Crippen LogP contribution in [0.5, 0.6) is 0 Å². The lowest BCUT2D eigenvalue weighted by molar-refractivity contribution is -0.141. The van der Waals surface area contributed by atoms with Crippen LogP contribution in [0.15, 0.2) is 0 Å². The lowest BCUT2D eigenvalue weighted by atomic mass is 10.2. The Kier molecular flexibility index (Phi) is 8.77. The fraction of sp³-hybridized carbons (Fsp3) is 0.857. The van der Waals surface area contributed by atoms with E-state index in [9.17, 15) is 9.59 Å². The number of carbonyl (C=O) groups is 2. The number of unbranched alkanes of at least 4 members (excludes halogenated alkanes) is 1. The lowest BCUT2D eigenvalue weighted by Gasteiger charge is -2.32. The van der Waals surface area contributed by atoms with Crippen molar-refractivity contribution in [3.8, 4) is 0 Å². The van der Waals surface area contributed by atoms with E-state index < -0.39 is 12.1 Å². The molecular weight excluding hydrogens is 276 g/mol. The number of nitrogens with zero attached hydrogens (tertiary/aromatic N) is 1. The Hall–Kier alpha value is -1.34. The number of rotatable bonds is 9. The van der Waals surface area contributed by atoms with E-state index in [1.165, 1.54) is 0 Å². The van der Waals surface area contributed by atoms with E-state index in [1.54, 1.807) is 4.90 Å². The minimum Gasteiger partial charge on any atom is -0.481 e. The molecule has 1 aliphatic rings. The first kappa shape index (κ1) is 17.7. The van der Waals surface area contributed by atoms with Gasteiger partial charge >= 0.3 is 12.0 Å². The van der Waals surface area contributed by atoms with E-state index in [0.29, 0.717) is 32.8 Å². The highest BCUT2D eigenvalue weighted by Gasteiger charge is 2.25. The molecule has 1 rings (SSSR count). The zero-order valence-corrected chi connectivity index (χ0v) is 12.7. The predicted octanol–water partition coefficient (Wildman–Crippen LogP) is 1.08. The van der Waals surface area contributed by atoms with Crippen LogP contribution in [0.4, 0.5) is 4.79 Å². The smallest absolute Gasteiger partial charge is 0.317 e. The summed E-state index contributed by atoms with van der Waals surface area (Å²) in [4.78, 5) is 24.2. The molecule has 1 aliphatic heterocycles. The maximum atomic E-state index is 11.9. The number of nitrogens with one attached hydrogen (secondary N) is 1. The number of carbonyl (C=O) groups excluding carboxylic acids is 1. The zero-order chi connectivity index (χ0) is 15.5. The molecule has 1 unspecified atom stereocenters. The number of carboxylic acids is 1. The first-order valence-electron chi connectivity index (χ1n) is 7.57. The van der Waals surface area contributed by atoms with Gasteiger partial charge in [0.15, 0.2) is 0 Å². The van der Waals surface area contributed by atoms with Gasteiger partial charge in [-0.3, -0.25) is 4.79 Å². The van der Waals surface area contributed by atoms with Crippen molar-refractivity contribution in [1.29, 1.82) is 0 Å². The number of hydrogen-bond donors (Lipinski definition) is 2. The van der Waals surface area contributed by atoms with Crippen molar-refractivity contribution in [2.45, 2.75) is 38.7 Å². The van der Waals surface area contributed by atoms with Crippen molar-refractivity contribution in [3.05, 3.63) is 0 Å². The number of amides is 2. The van der Waals surface area contributed by atoms with Gasteiger partial charge in [0.05, 0.1) is 19.1 Å². The van der Waals surface area contributed by atoms with E-state index in [0.717, 1.165) is 25.9 Å². The normalized spacial score (nSPS) is 18.5. The highest BCUT2D eigenvalue weighted by atomic mass is 16.5. The second-order valence-electron chi connectivity index (χ2n) is 5.09. The molecule has 0 radical (unpaired) electrons. The Labute approximate surface area is 125 Å². The van der Waals surface area contributed by atoms with Gasteiger partial charge in [0, 0.05) is 32.8 Å². The van der Waals surface area contributed by atoms with Gasteiger partial charge in [-0.1, -0.05) is 13.3 Å². The summed E-state index contributed by atoms with van der Waals surface area (Å²) in [5, 5.41) is 11.6. The Morgan fingerprint density at radius 1 is 1.38 bits per heavy atom. The van der Waals surface area contributed by atoms with Gasteiger partial charge in [0.1, 0.15) is 0 Å². The molecule has 1 saturated heterocycles. The summed E-state index contributed by atoms with van der Waals surface area (Å²) in [6.45, 7) is 5.29. The predicted molar refractivity (Wildman–Crippen MR) is 77.3 cm³/mol. The molecular formula is C14H26N2O5. The van der Waals surface area contributed by atoms with Gasteiger partial charge in [-0.15, -0.1) is 0 Å². The fourth-order valence-corrected chi connectivity index (χ4v) is 2.05. The third kappa shape index (κ3) is 7.87. The van der Waals surface area contributed by atoms with Crippen molar-refractivity contribution in [3.63, 3.8) is 0 Å². The number of morpholine rings is 1. The van der Waals surface area contributed by atoms with Crippen LogP contribution >= 0.6 is 0 Å². The molecule has 1 heterocycles. The maximum Gasteiger partial charge on any atom is 0.317 e. The molecule has 0 aromatic heterocycles. The average Bonchev–Trinajstić information content (AvgIpc) is 2.45. The SMILES string of the molecule is CCCCOCCCNC(=O)N1CCOC(CC(=O)O)C1. The van der Waals surface area contributed by atoms with Gasteiger partial charge in [-0.25, -0.2) is 4.79 Å². The first-order chi connectivity index (χ1) is 10.1. The number of aliphatic carboxylic acids is 1. The van der Waals surface area contributed by atoms with Crippen molar-refractivity contribution in [2.24, 2.45) is 0 Å². The molecule has 0 aliphatic carbocycles. The average molecular weight is 302 g/mol. The maximum absolute atomic E-state index is 11.9. The van der Waals surface area contributed by atoms with Crippen LogP contribution < -0.4 is 5.32 Å².